The number of alkyl halides is 3. The first kappa shape index (κ1) is 15.4. The molecule has 0 unspecified atom stereocenters. The van der Waals surface area contributed by atoms with Crippen LogP contribution in [-0.2, 0) is 6.18 Å². The number of aldehydes is 1. The van der Waals surface area contributed by atoms with Crippen molar-refractivity contribution in [2.45, 2.75) is 6.18 Å². The topological polar surface area (TPSA) is 42.9 Å². The molecule has 3 rings (SSSR count). The minimum Gasteiger partial charge on any atom is -0.298 e. The summed E-state index contributed by atoms with van der Waals surface area (Å²) in [5.41, 5.74) is 0.824. The normalized spacial score (nSPS) is 11.4. The molecule has 3 aromatic rings. The Morgan fingerprint density at radius 1 is 1.04 bits per heavy atom. The summed E-state index contributed by atoms with van der Waals surface area (Å²) in [4.78, 5) is 19.4. The maximum absolute atomic E-state index is 12.8. The second-order valence-electron chi connectivity index (χ2n) is 4.70. The lowest BCUT2D eigenvalue weighted by atomic mass is 10.1. The molecule has 0 aliphatic carbocycles. The van der Waals surface area contributed by atoms with Crippen molar-refractivity contribution in [2.24, 2.45) is 0 Å². The molecule has 2 aromatic heterocycles. The number of halogens is 3. The largest absolute Gasteiger partial charge is 0.416 e. The maximum Gasteiger partial charge on any atom is 0.416 e. The Kier molecular flexibility index (Phi) is 3.96. The number of pyridine rings is 1. The Hall–Kier alpha value is -2.54. The Balaban J connectivity index is 1.94. The van der Waals surface area contributed by atoms with Crippen molar-refractivity contribution >= 4 is 17.6 Å². The Bertz CT molecular complexity index is 841. The van der Waals surface area contributed by atoms with E-state index >= 15 is 0 Å². The van der Waals surface area contributed by atoms with Crippen LogP contribution in [0.3, 0.4) is 0 Å². The van der Waals surface area contributed by atoms with Gasteiger partial charge in [-0.15, -0.1) is 11.3 Å². The van der Waals surface area contributed by atoms with Crippen molar-refractivity contribution in [1.82, 2.24) is 9.97 Å². The highest BCUT2D eigenvalue weighted by molar-refractivity contribution is 7.18. The molecular formula is C16H9F3N2OS. The van der Waals surface area contributed by atoms with Gasteiger partial charge >= 0.3 is 6.18 Å². The number of carbonyl (C=O) groups is 1. The van der Waals surface area contributed by atoms with Crippen molar-refractivity contribution in [3.05, 3.63) is 59.9 Å². The molecule has 0 radical (unpaired) electrons. The number of nitrogens with zero attached hydrogens (tertiary/aromatic N) is 2. The fourth-order valence-corrected chi connectivity index (χ4v) is 2.86. The van der Waals surface area contributed by atoms with Gasteiger partial charge in [0.05, 0.1) is 16.1 Å². The van der Waals surface area contributed by atoms with Crippen molar-refractivity contribution in [2.75, 3.05) is 0 Å². The van der Waals surface area contributed by atoms with Gasteiger partial charge < -0.3 is 0 Å². The number of rotatable bonds is 3. The molecule has 0 N–H and O–H groups in total. The van der Waals surface area contributed by atoms with E-state index in [9.17, 15) is 18.0 Å². The summed E-state index contributed by atoms with van der Waals surface area (Å²) in [7, 11) is 0. The Labute approximate surface area is 133 Å². The molecule has 0 spiro atoms. The molecule has 1 aromatic carbocycles. The molecule has 0 saturated heterocycles. The predicted molar refractivity (Wildman–Crippen MR) is 81.2 cm³/mol. The average molecular weight is 334 g/mol. The van der Waals surface area contributed by atoms with Gasteiger partial charge in [0.15, 0.2) is 0 Å². The van der Waals surface area contributed by atoms with Crippen molar-refractivity contribution in [1.29, 1.82) is 0 Å². The van der Waals surface area contributed by atoms with E-state index in [4.69, 9.17) is 0 Å². The first-order valence-electron chi connectivity index (χ1n) is 6.52. The highest BCUT2D eigenvalue weighted by atomic mass is 32.1. The molecule has 0 bridgehead atoms. The smallest absolute Gasteiger partial charge is 0.298 e. The van der Waals surface area contributed by atoms with E-state index in [2.05, 4.69) is 9.97 Å². The van der Waals surface area contributed by atoms with Crippen molar-refractivity contribution < 1.29 is 18.0 Å². The van der Waals surface area contributed by atoms with Gasteiger partial charge in [-0.25, -0.2) is 4.98 Å². The predicted octanol–water partition coefficient (Wildman–Crippen LogP) is 4.70. The van der Waals surface area contributed by atoms with E-state index in [0.717, 1.165) is 30.2 Å². The third-order valence-corrected chi connectivity index (χ3v) is 4.21. The summed E-state index contributed by atoms with van der Waals surface area (Å²) in [6.07, 6.45) is -1.04. The second-order valence-corrected chi connectivity index (χ2v) is 5.73. The van der Waals surface area contributed by atoms with Crippen LogP contribution < -0.4 is 0 Å². The Morgan fingerprint density at radius 3 is 2.43 bits per heavy atom. The quantitative estimate of drug-likeness (QED) is 0.652. The standard InChI is InChI=1S/C16H9F3N2OS/c17-16(18,19)12-5-6-20-13(7-12)14-8-21-15(23-14)11-3-1-10(9-22)2-4-11/h1-9H. The lowest BCUT2D eigenvalue weighted by Crippen LogP contribution is -2.04. The number of hydrogen-bond donors (Lipinski definition) is 0. The third kappa shape index (κ3) is 3.29. The van der Waals surface area contributed by atoms with Crippen LogP contribution in [0.1, 0.15) is 15.9 Å². The lowest BCUT2D eigenvalue weighted by Gasteiger charge is -2.06. The lowest BCUT2D eigenvalue weighted by molar-refractivity contribution is -0.137. The minimum atomic E-state index is -4.41. The van der Waals surface area contributed by atoms with E-state index in [0.29, 0.717) is 15.4 Å². The number of carbonyl (C=O) groups excluding carboxylic acids is 1. The molecule has 2 heterocycles. The van der Waals surface area contributed by atoms with Gasteiger partial charge in [-0.05, 0) is 12.1 Å². The van der Waals surface area contributed by atoms with Crippen LogP contribution in [0.5, 0.6) is 0 Å². The molecule has 0 saturated carbocycles. The third-order valence-electron chi connectivity index (χ3n) is 3.14. The molecule has 7 heteroatoms. The molecule has 3 nitrogen and oxygen atoms in total. The summed E-state index contributed by atoms with van der Waals surface area (Å²) in [6, 6.07) is 8.74. The maximum atomic E-state index is 12.8. The van der Waals surface area contributed by atoms with Gasteiger partial charge in [0.2, 0.25) is 0 Å². The molecule has 23 heavy (non-hydrogen) atoms. The zero-order chi connectivity index (χ0) is 16.4. The molecule has 116 valence electrons. The zero-order valence-electron chi connectivity index (χ0n) is 11.5. The van der Waals surface area contributed by atoms with Crippen LogP contribution in [-0.4, -0.2) is 16.3 Å². The molecule has 0 amide bonds. The number of thiazole rings is 1. The highest BCUT2D eigenvalue weighted by Gasteiger charge is 2.30. The second kappa shape index (κ2) is 5.92. The number of hydrogen-bond acceptors (Lipinski definition) is 4. The molecule has 0 fully saturated rings. The van der Waals surface area contributed by atoms with Gasteiger partial charge in [0.1, 0.15) is 11.3 Å². The summed E-state index contributed by atoms with van der Waals surface area (Å²) >= 11 is 1.24. The number of aromatic nitrogens is 2. The van der Waals surface area contributed by atoms with Gasteiger partial charge in [0.25, 0.3) is 0 Å². The molecule has 0 atom stereocenters. The van der Waals surface area contributed by atoms with Gasteiger partial charge in [-0.3, -0.25) is 9.78 Å². The SMILES string of the molecule is O=Cc1ccc(-c2ncc(-c3cc(C(F)(F)F)ccn3)s2)cc1. The van der Waals surface area contributed by atoms with Crippen LogP contribution in [0.15, 0.2) is 48.8 Å². The first-order chi connectivity index (χ1) is 11.0. The van der Waals surface area contributed by atoms with Crippen molar-refractivity contribution in [3.8, 4) is 21.1 Å². The van der Waals surface area contributed by atoms with Crippen LogP contribution in [0.4, 0.5) is 13.2 Å². The van der Waals surface area contributed by atoms with E-state index in [-0.39, 0.29) is 5.69 Å². The minimum absolute atomic E-state index is 0.230. The van der Waals surface area contributed by atoms with Gasteiger partial charge in [0, 0.05) is 23.5 Å². The summed E-state index contributed by atoms with van der Waals surface area (Å²) in [5, 5.41) is 0.650. The van der Waals surface area contributed by atoms with E-state index < -0.39 is 11.7 Å². The van der Waals surface area contributed by atoms with E-state index in [1.54, 1.807) is 24.3 Å². The average Bonchev–Trinajstić information content (AvgIpc) is 3.04. The summed E-state index contributed by atoms with van der Waals surface area (Å²) in [5.74, 6) is 0. The zero-order valence-corrected chi connectivity index (χ0v) is 12.4. The fourth-order valence-electron chi connectivity index (χ4n) is 1.97. The molecular weight excluding hydrogens is 325 g/mol. The van der Waals surface area contributed by atoms with E-state index in [1.165, 1.54) is 17.5 Å². The van der Waals surface area contributed by atoms with Crippen molar-refractivity contribution in [3.63, 3.8) is 0 Å². The first-order valence-corrected chi connectivity index (χ1v) is 7.34. The summed E-state index contributed by atoms with van der Waals surface area (Å²) < 4.78 is 38.3. The van der Waals surface area contributed by atoms with Crippen LogP contribution >= 0.6 is 11.3 Å². The molecule has 0 aliphatic heterocycles. The van der Waals surface area contributed by atoms with Gasteiger partial charge in [-0.1, -0.05) is 24.3 Å². The number of benzene rings is 1. The van der Waals surface area contributed by atoms with Crippen LogP contribution in [0.25, 0.3) is 21.1 Å². The highest BCUT2D eigenvalue weighted by Crippen LogP contribution is 2.34. The van der Waals surface area contributed by atoms with Crippen LogP contribution in [0, 0.1) is 0 Å². The fraction of sp³-hybridized carbons (Fsp3) is 0.0625. The summed E-state index contributed by atoms with van der Waals surface area (Å²) in [6.45, 7) is 0. The monoisotopic (exact) mass is 334 g/mol. The Morgan fingerprint density at radius 2 is 1.78 bits per heavy atom. The molecule has 0 aliphatic rings. The van der Waals surface area contributed by atoms with E-state index in [1.807, 2.05) is 0 Å². The van der Waals surface area contributed by atoms with Gasteiger partial charge in [-0.2, -0.15) is 13.2 Å². The van der Waals surface area contributed by atoms with Crippen LogP contribution in [0.2, 0.25) is 0 Å².